The van der Waals surface area contributed by atoms with Gasteiger partial charge in [0.05, 0.1) is 10.5 Å². The van der Waals surface area contributed by atoms with Crippen molar-refractivity contribution in [3.05, 3.63) is 77.4 Å². The molecular weight excluding hydrogens is 390 g/mol. The minimum absolute atomic E-state index is 0.0599. The number of hydrogen-bond donors (Lipinski definition) is 1. The van der Waals surface area contributed by atoms with Crippen LogP contribution in [0.1, 0.15) is 44.7 Å². The number of rotatable bonds is 8. The third-order valence-electron chi connectivity index (χ3n) is 4.80. The maximum absolute atomic E-state index is 12.4. The molecule has 6 nitrogen and oxygen atoms in total. The van der Waals surface area contributed by atoms with Crippen molar-refractivity contribution >= 4 is 21.8 Å². The Morgan fingerprint density at radius 1 is 1.03 bits per heavy atom. The van der Waals surface area contributed by atoms with Gasteiger partial charge in [0, 0.05) is 12.1 Å². The van der Waals surface area contributed by atoms with Crippen LogP contribution in [0.25, 0.3) is 0 Å². The first-order chi connectivity index (χ1) is 13.9. The van der Waals surface area contributed by atoms with Gasteiger partial charge in [0.25, 0.3) is 0 Å². The van der Waals surface area contributed by atoms with Crippen LogP contribution in [0.15, 0.2) is 60.0 Å². The molecular formula is C22H23NO5S. The second-order valence-electron chi connectivity index (χ2n) is 6.86. The van der Waals surface area contributed by atoms with Gasteiger partial charge < -0.3 is 4.74 Å². The predicted molar refractivity (Wildman–Crippen MR) is 110 cm³/mol. The number of esters is 1. The molecule has 29 heavy (non-hydrogen) atoms. The molecule has 0 fully saturated rings. The highest BCUT2D eigenvalue weighted by Gasteiger charge is 2.18. The van der Waals surface area contributed by atoms with E-state index in [-0.39, 0.29) is 22.8 Å². The number of nitrogens with one attached hydrogen (secondary N) is 1. The summed E-state index contributed by atoms with van der Waals surface area (Å²) in [5, 5.41) is 0. The molecule has 1 aliphatic rings. The third kappa shape index (κ3) is 5.19. The molecule has 0 aromatic heterocycles. The summed E-state index contributed by atoms with van der Waals surface area (Å²) in [7, 11) is -3.76. The van der Waals surface area contributed by atoms with Gasteiger partial charge in [-0.15, -0.1) is 6.58 Å². The van der Waals surface area contributed by atoms with Gasteiger partial charge in [-0.1, -0.05) is 24.3 Å². The normalized spacial score (nSPS) is 13.4. The molecule has 152 valence electrons. The van der Waals surface area contributed by atoms with Gasteiger partial charge in [-0.3, -0.25) is 4.79 Å². The van der Waals surface area contributed by atoms with E-state index in [1.54, 1.807) is 6.07 Å². The molecule has 0 atom stereocenters. The molecule has 0 spiro atoms. The Hall–Kier alpha value is -2.77. The van der Waals surface area contributed by atoms with E-state index in [2.05, 4.69) is 11.3 Å². The number of sulfonamides is 1. The summed E-state index contributed by atoms with van der Waals surface area (Å²) >= 11 is 0. The van der Waals surface area contributed by atoms with Crippen LogP contribution in [0.2, 0.25) is 0 Å². The second-order valence-corrected chi connectivity index (χ2v) is 8.63. The first-order valence-corrected chi connectivity index (χ1v) is 10.9. The van der Waals surface area contributed by atoms with Crippen LogP contribution in [-0.4, -0.2) is 33.3 Å². The van der Waals surface area contributed by atoms with Gasteiger partial charge >= 0.3 is 5.97 Å². The van der Waals surface area contributed by atoms with Crippen molar-refractivity contribution in [3.8, 4) is 0 Å². The highest BCUT2D eigenvalue weighted by Crippen LogP contribution is 2.22. The van der Waals surface area contributed by atoms with Crippen molar-refractivity contribution in [1.29, 1.82) is 0 Å². The summed E-state index contributed by atoms with van der Waals surface area (Å²) < 4.78 is 31.8. The summed E-state index contributed by atoms with van der Waals surface area (Å²) in [5.41, 5.74) is 3.03. The minimum Gasteiger partial charge on any atom is -0.454 e. The molecule has 0 aliphatic heterocycles. The van der Waals surface area contributed by atoms with Gasteiger partial charge in [-0.25, -0.2) is 17.9 Å². The molecule has 0 saturated carbocycles. The Morgan fingerprint density at radius 2 is 1.79 bits per heavy atom. The molecule has 1 aliphatic carbocycles. The average Bonchev–Trinajstić information content (AvgIpc) is 2.75. The number of aryl methyl sites for hydroxylation is 2. The number of hydrogen-bond acceptors (Lipinski definition) is 5. The fourth-order valence-corrected chi connectivity index (χ4v) is 4.29. The highest BCUT2D eigenvalue weighted by atomic mass is 32.2. The maximum atomic E-state index is 12.4. The van der Waals surface area contributed by atoms with E-state index in [9.17, 15) is 18.0 Å². The van der Waals surface area contributed by atoms with Crippen molar-refractivity contribution < 1.29 is 22.7 Å². The Balaban J connectivity index is 1.65. The monoisotopic (exact) mass is 413 g/mol. The molecule has 0 amide bonds. The highest BCUT2D eigenvalue weighted by molar-refractivity contribution is 7.89. The topological polar surface area (TPSA) is 89.5 Å². The summed E-state index contributed by atoms with van der Waals surface area (Å²) in [6.07, 6.45) is 5.68. The standard InChI is InChI=1S/C22H23NO5S/c1-2-12-23-29(26,27)20-9-5-8-19(14-20)22(25)28-15-21(24)18-11-10-16-6-3-4-7-17(16)13-18/h2,5,8-11,13-14,23H,1,3-4,6-7,12,15H2. The Labute approximate surface area is 170 Å². The van der Waals surface area contributed by atoms with Crippen molar-refractivity contribution in [2.75, 3.05) is 13.2 Å². The molecule has 1 N–H and O–H groups in total. The van der Waals surface area contributed by atoms with E-state index >= 15 is 0 Å². The molecule has 0 saturated heterocycles. The maximum Gasteiger partial charge on any atom is 0.338 e. The van der Waals surface area contributed by atoms with Crippen molar-refractivity contribution in [1.82, 2.24) is 4.72 Å². The van der Waals surface area contributed by atoms with E-state index in [0.29, 0.717) is 5.56 Å². The number of fused-ring (bicyclic) bond motifs is 1. The van der Waals surface area contributed by atoms with Gasteiger partial charge in [0.2, 0.25) is 10.0 Å². The zero-order chi connectivity index (χ0) is 20.9. The van der Waals surface area contributed by atoms with Crippen molar-refractivity contribution in [2.45, 2.75) is 30.6 Å². The number of carbonyl (C=O) groups is 2. The summed E-state index contributed by atoms with van der Waals surface area (Å²) in [5.74, 6) is -1.04. The quantitative estimate of drug-likeness (QED) is 0.408. The van der Waals surface area contributed by atoms with Crippen molar-refractivity contribution in [2.24, 2.45) is 0 Å². The largest absolute Gasteiger partial charge is 0.454 e. The lowest BCUT2D eigenvalue weighted by Gasteiger charge is -2.16. The van der Waals surface area contributed by atoms with Crippen LogP contribution in [0.3, 0.4) is 0 Å². The summed E-state index contributed by atoms with van der Waals surface area (Å²) in [6, 6.07) is 11.1. The molecule has 0 radical (unpaired) electrons. The van der Waals surface area contributed by atoms with Gasteiger partial charge in [0.1, 0.15) is 0 Å². The number of ketones is 1. The van der Waals surface area contributed by atoms with E-state index < -0.39 is 22.6 Å². The molecule has 2 aromatic carbocycles. The molecule has 7 heteroatoms. The Kier molecular flexibility index (Phi) is 6.61. The smallest absolute Gasteiger partial charge is 0.338 e. The van der Waals surface area contributed by atoms with Crippen LogP contribution >= 0.6 is 0 Å². The first-order valence-electron chi connectivity index (χ1n) is 9.43. The number of ether oxygens (including phenoxy) is 1. The first kappa shape index (κ1) is 21.0. The molecule has 0 unspecified atom stereocenters. The van der Waals surface area contributed by atoms with Gasteiger partial charge in [-0.05, 0) is 61.1 Å². The fraction of sp³-hybridized carbons (Fsp3) is 0.273. The lowest BCUT2D eigenvalue weighted by atomic mass is 9.90. The summed E-state index contributed by atoms with van der Waals surface area (Å²) in [4.78, 5) is 24.7. The van der Waals surface area contributed by atoms with E-state index in [1.165, 1.54) is 41.5 Å². The lowest BCUT2D eigenvalue weighted by molar-refractivity contribution is 0.0474. The zero-order valence-corrected chi connectivity index (χ0v) is 16.8. The molecule has 0 bridgehead atoms. The molecule has 2 aromatic rings. The Morgan fingerprint density at radius 3 is 2.55 bits per heavy atom. The molecule has 0 heterocycles. The SMILES string of the molecule is C=CCNS(=O)(=O)c1cccc(C(=O)OCC(=O)c2ccc3c(c2)CCCC3)c1. The van der Waals surface area contributed by atoms with Crippen LogP contribution in [0, 0.1) is 0 Å². The van der Waals surface area contributed by atoms with Crippen LogP contribution in [-0.2, 0) is 27.6 Å². The number of carbonyl (C=O) groups excluding carboxylic acids is 2. The Bertz CT molecular complexity index is 1040. The van der Waals surface area contributed by atoms with Gasteiger partial charge in [0.15, 0.2) is 12.4 Å². The van der Waals surface area contributed by atoms with Gasteiger partial charge in [-0.2, -0.15) is 0 Å². The second kappa shape index (κ2) is 9.15. The minimum atomic E-state index is -3.76. The lowest BCUT2D eigenvalue weighted by Crippen LogP contribution is -2.24. The van der Waals surface area contributed by atoms with E-state index in [1.807, 2.05) is 12.1 Å². The number of benzene rings is 2. The predicted octanol–water partition coefficient (Wildman–Crippen LogP) is 3.07. The fourth-order valence-electron chi connectivity index (χ4n) is 3.25. The van der Waals surface area contributed by atoms with Crippen molar-refractivity contribution in [3.63, 3.8) is 0 Å². The third-order valence-corrected chi connectivity index (χ3v) is 6.22. The number of Topliss-reactive ketones (excluding diaryl/α,β-unsaturated/α-hetero) is 1. The zero-order valence-electron chi connectivity index (χ0n) is 16.0. The van der Waals surface area contributed by atoms with Crippen LogP contribution < -0.4 is 4.72 Å². The average molecular weight is 413 g/mol. The molecule has 3 rings (SSSR count). The van der Waals surface area contributed by atoms with Crippen LogP contribution in [0.5, 0.6) is 0 Å². The van der Waals surface area contributed by atoms with E-state index in [4.69, 9.17) is 4.74 Å². The van der Waals surface area contributed by atoms with Crippen LogP contribution in [0.4, 0.5) is 0 Å². The summed E-state index contributed by atoms with van der Waals surface area (Å²) in [6.45, 7) is 3.14. The van der Waals surface area contributed by atoms with E-state index in [0.717, 1.165) is 25.7 Å².